The van der Waals surface area contributed by atoms with Crippen LogP contribution in [0.25, 0.3) is 0 Å². The summed E-state index contributed by atoms with van der Waals surface area (Å²) in [6.45, 7) is 5.04. The highest BCUT2D eigenvalue weighted by molar-refractivity contribution is 5.78. The summed E-state index contributed by atoms with van der Waals surface area (Å²) in [5, 5.41) is 12.3. The van der Waals surface area contributed by atoms with Gasteiger partial charge in [-0.05, 0) is 37.0 Å². The molecule has 0 radical (unpaired) electrons. The maximum Gasteiger partial charge on any atom is 0.323 e. The van der Waals surface area contributed by atoms with Crippen molar-refractivity contribution >= 4 is 5.97 Å². The van der Waals surface area contributed by atoms with Crippen LogP contribution in [0.2, 0.25) is 0 Å². The second-order valence-corrected chi connectivity index (χ2v) is 5.21. The summed E-state index contributed by atoms with van der Waals surface area (Å²) in [4.78, 5) is 11.2. The Morgan fingerprint density at radius 3 is 3.00 bits per heavy atom. The Hall–Kier alpha value is -1.55. The normalized spacial score (nSPS) is 16.5. The molecule has 1 aliphatic heterocycles. The number of nitrogens with one attached hydrogen (secondary N) is 1. The molecule has 1 unspecified atom stereocenters. The van der Waals surface area contributed by atoms with Crippen molar-refractivity contribution in [1.82, 2.24) is 5.32 Å². The Kier molecular flexibility index (Phi) is 4.10. The first-order valence-electron chi connectivity index (χ1n) is 6.78. The topological polar surface area (TPSA) is 58.6 Å². The summed E-state index contributed by atoms with van der Waals surface area (Å²) in [5.74, 6) is 0.193. The van der Waals surface area contributed by atoms with Crippen LogP contribution in [0.5, 0.6) is 5.75 Å². The van der Waals surface area contributed by atoms with Gasteiger partial charge in [0.15, 0.2) is 0 Å². The van der Waals surface area contributed by atoms with E-state index in [1.807, 2.05) is 13.0 Å². The Bertz CT molecular complexity index is 472. The first-order chi connectivity index (χ1) is 9.05. The fourth-order valence-electron chi connectivity index (χ4n) is 2.23. The van der Waals surface area contributed by atoms with Crippen LogP contribution < -0.4 is 10.1 Å². The van der Waals surface area contributed by atoms with Crippen molar-refractivity contribution in [3.63, 3.8) is 0 Å². The Balaban J connectivity index is 1.91. The lowest BCUT2D eigenvalue weighted by atomic mass is 9.98. The van der Waals surface area contributed by atoms with E-state index in [4.69, 9.17) is 4.74 Å². The van der Waals surface area contributed by atoms with Crippen molar-refractivity contribution in [3.05, 3.63) is 29.3 Å². The largest absolute Gasteiger partial charge is 0.493 e. The molecule has 2 rings (SSSR count). The Morgan fingerprint density at radius 1 is 1.53 bits per heavy atom. The van der Waals surface area contributed by atoms with Gasteiger partial charge >= 0.3 is 5.97 Å². The molecule has 1 aromatic rings. The standard InChI is InChI=1S/C15H21NO3/c1-3-15(2,14(17)18)16-8-6-11-4-5-13-12(10-11)7-9-19-13/h4-5,10,16H,3,6-9H2,1-2H3,(H,17,18). The van der Waals surface area contributed by atoms with Crippen LogP contribution in [0.1, 0.15) is 31.4 Å². The Morgan fingerprint density at radius 2 is 2.32 bits per heavy atom. The van der Waals surface area contributed by atoms with Crippen molar-refractivity contribution in [1.29, 1.82) is 0 Å². The molecule has 104 valence electrons. The lowest BCUT2D eigenvalue weighted by molar-refractivity contribution is -0.144. The maximum atomic E-state index is 11.2. The molecule has 0 spiro atoms. The summed E-state index contributed by atoms with van der Waals surface area (Å²) >= 11 is 0. The summed E-state index contributed by atoms with van der Waals surface area (Å²) < 4.78 is 5.47. The van der Waals surface area contributed by atoms with Gasteiger partial charge in [0.2, 0.25) is 0 Å². The van der Waals surface area contributed by atoms with Gasteiger partial charge in [0, 0.05) is 13.0 Å². The van der Waals surface area contributed by atoms with E-state index < -0.39 is 11.5 Å². The Labute approximate surface area is 113 Å². The van der Waals surface area contributed by atoms with Gasteiger partial charge < -0.3 is 15.2 Å². The van der Waals surface area contributed by atoms with E-state index in [2.05, 4.69) is 17.4 Å². The predicted octanol–water partition coefficient (Wildman–Crippen LogP) is 2.01. The van der Waals surface area contributed by atoms with Gasteiger partial charge in [0.05, 0.1) is 6.61 Å². The molecule has 0 saturated carbocycles. The van der Waals surface area contributed by atoms with E-state index in [1.165, 1.54) is 11.1 Å². The molecule has 0 fully saturated rings. The molecular formula is C15H21NO3. The second-order valence-electron chi connectivity index (χ2n) is 5.21. The third-order valence-electron chi connectivity index (χ3n) is 3.86. The third kappa shape index (κ3) is 3.07. The van der Waals surface area contributed by atoms with Gasteiger partial charge in [-0.25, -0.2) is 0 Å². The first kappa shape index (κ1) is 13.9. The zero-order chi connectivity index (χ0) is 13.9. The van der Waals surface area contributed by atoms with Crippen molar-refractivity contribution in [2.75, 3.05) is 13.2 Å². The SMILES string of the molecule is CCC(C)(NCCc1ccc2c(c1)CCO2)C(=O)O. The molecule has 4 heteroatoms. The molecule has 19 heavy (non-hydrogen) atoms. The van der Waals surface area contributed by atoms with E-state index >= 15 is 0 Å². The minimum Gasteiger partial charge on any atom is -0.493 e. The van der Waals surface area contributed by atoms with E-state index in [0.717, 1.165) is 25.2 Å². The van der Waals surface area contributed by atoms with Gasteiger partial charge in [-0.3, -0.25) is 4.79 Å². The highest BCUT2D eigenvalue weighted by atomic mass is 16.5. The fourth-order valence-corrected chi connectivity index (χ4v) is 2.23. The summed E-state index contributed by atoms with van der Waals surface area (Å²) in [5.41, 5.74) is 1.65. The second kappa shape index (κ2) is 5.61. The molecule has 2 N–H and O–H groups in total. The molecule has 0 bridgehead atoms. The van der Waals surface area contributed by atoms with Crippen LogP contribution >= 0.6 is 0 Å². The molecule has 1 aliphatic rings. The van der Waals surface area contributed by atoms with Gasteiger partial charge in [-0.1, -0.05) is 19.1 Å². The van der Waals surface area contributed by atoms with Crippen LogP contribution in [0.15, 0.2) is 18.2 Å². The number of carboxylic acid groups (broad SMARTS) is 1. The van der Waals surface area contributed by atoms with Crippen molar-refractivity contribution in [2.45, 2.75) is 38.6 Å². The van der Waals surface area contributed by atoms with Gasteiger partial charge in [0.1, 0.15) is 11.3 Å². The lowest BCUT2D eigenvalue weighted by Crippen LogP contribution is -2.49. The smallest absolute Gasteiger partial charge is 0.323 e. The predicted molar refractivity (Wildman–Crippen MR) is 73.7 cm³/mol. The average Bonchev–Trinajstić information content (AvgIpc) is 2.85. The van der Waals surface area contributed by atoms with Crippen LogP contribution in [0.4, 0.5) is 0 Å². The molecule has 1 atom stereocenters. The van der Waals surface area contributed by atoms with Crippen LogP contribution in [0, 0.1) is 0 Å². The number of rotatable bonds is 6. The molecule has 1 heterocycles. The number of hydrogen-bond donors (Lipinski definition) is 2. The van der Waals surface area contributed by atoms with Crippen LogP contribution in [0.3, 0.4) is 0 Å². The van der Waals surface area contributed by atoms with E-state index in [1.54, 1.807) is 6.92 Å². The number of carbonyl (C=O) groups is 1. The van der Waals surface area contributed by atoms with Gasteiger partial charge in [-0.2, -0.15) is 0 Å². The molecule has 0 amide bonds. The van der Waals surface area contributed by atoms with Crippen molar-refractivity contribution in [2.24, 2.45) is 0 Å². The molecule has 4 nitrogen and oxygen atoms in total. The number of carboxylic acids is 1. The molecule has 1 aromatic carbocycles. The molecule has 0 saturated heterocycles. The van der Waals surface area contributed by atoms with Gasteiger partial charge in [0.25, 0.3) is 0 Å². The maximum absolute atomic E-state index is 11.2. The third-order valence-corrected chi connectivity index (χ3v) is 3.86. The number of benzene rings is 1. The summed E-state index contributed by atoms with van der Waals surface area (Å²) in [6.07, 6.45) is 2.37. The monoisotopic (exact) mass is 263 g/mol. The zero-order valence-electron chi connectivity index (χ0n) is 11.5. The lowest BCUT2D eigenvalue weighted by Gasteiger charge is -2.24. The van der Waals surface area contributed by atoms with Crippen molar-refractivity contribution in [3.8, 4) is 5.75 Å². The number of aliphatic carboxylic acids is 1. The van der Waals surface area contributed by atoms with Gasteiger partial charge in [-0.15, -0.1) is 0 Å². The average molecular weight is 263 g/mol. The zero-order valence-corrected chi connectivity index (χ0v) is 11.5. The van der Waals surface area contributed by atoms with E-state index in [9.17, 15) is 9.90 Å². The number of hydrogen-bond acceptors (Lipinski definition) is 3. The molecule has 0 aromatic heterocycles. The van der Waals surface area contributed by atoms with E-state index in [0.29, 0.717) is 13.0 Å². The van der Waals surface area contributed by atoms with Crippen LogP contribution in [-0.2, 0) is 17.6 Å². The fraction of sp³-hybridized carbons (Fsp3) is 0.533. The minimum absolute atomic E-state index is 0.570. The molecular weight excluding hydrogens is 242 g/mol. The van der Waals surface area contributed by atoms with Crippen LogP contribution in [-0.4, -0.2) is 29.8 Å². The van der Waals surface area contributed by atoms with E-state index in [-0.39, 0.29) is 0 Å². The first-order valence-corrected chi connectivity index (χ1v) is 6.78. The minimum atomic E-state index is -0.833. The highest BCUT2D eigenvalue weighted by Crippen LogP contribution is 2.25. The quantitative estimate of drug-likeness (QED) is 0.824. The van der Waals surface area contributed by atoms with Crippen molar-refractivity contribution < 1.29 is 14.6 Å². The molecule has 0 aliphatic carbocycles. The number of fused-ring (bicyclic) bond motifs is 1. The summed E-state index contributed by atoms with van der Waals surface area (Å²) in [7, 11) is 0. The highest BCUT2D eigenvalue weighted by Gasteiger charge is 2.29. The number of ether oxygens (including phenoxy) is 1. The summed E-state index contributed by atoms with van der Waals surface area (Å²) in [6, 6.07) is 6.22.